The Morgan fingerprint density at radius 3 is 2.32 bits per heavy atom. The number of hydrogen-bond donors (Lipinski definition) is 0. The Labute approximate surface area is 220 Å². The molecule has 37 heavy (non-hydrogen) atoms. The number of carbonyl (C=O) groups is 1. The van der Waals surface area contributed by atoms with Crippen molar-refractivity contribution in [2.24, 2.45) is 5.41 Å². The van der Waals surface area contributed by atoms with Crippen molar-refractivity contribution in [3.63, 3.8) is 0 Å². The van der Waals surface area contributed by atoms with Crippen LogP contribution in [0.3, 0.4) is 0 Å². The van der Waals surface area contributed by atoms with E-state index in [4.69, 9.17) is 21.1 Å². The number of methoxy groups -OCH3 is 2. The van der Waals surface area contributed by atoms with Crippen molar-refractivity contribution < 1.29 is 14.3 Å². The van der Waals surface area contributed by atoms with E-state index in [0.717, 1.165) is 16.8 Å². The van der Waals surface area contributed by atoms with Gasteiger partial charge in [0.05, 0.1) is 32.4 Å². The van der Waals surface area contributed by atoms with Crippen LogP contribution in [0, 0.1) is 35.0 Å². The first-order valence-corrected chi connectivity index (χ1v) is 12.2. The van der Waals surface area contributed by atoms with Crippen LogP contribution in [0.1, 0.15) is 33.0 Å². The van der Waals surface area contributed by atoms with Gasteiger partial charge in [-0.15, -0.1) is 0 Å². The smallest absolute Gasteiger partial charge is 0.185 e. The van der Waals surface area contributed by atoms with Gasteiger partial charge in [0.15, 0.2) is 22.7 Å². The van der Waals surface area contributed by atoms with Gasteiger partial charge < -0.3 is 14.4 Å². The summed E-state index contributed by atoms with van der Waals surface area (Å²) in [6, 6.07) is 21.2. The molecule has 0 spiro atoms. The molecule has 0 saturated carbocycles. The summed E-state index contributed by atoms with van der Waals surface area (Å²) < 4.78 is 10.9. The van der Waals surface area contributed by atoms with Gasteiger partial charge in [-0.25, -0.2) is 0 Å². The number of nitriles is 2. The number of benzene rings is 3. The minimum atomic E-state index is -1.56. The first-order valence-electron chi connectivity index (χ1n) is 11.8. The lowest BCUT2D eigenvalue weighted by atomic mass is 9.69. The van der Waals surface area contributed by atoms with Gasteiger partial charge in [0.1, 0.15) is 6.04 Å². The number of nitrogens with zero attached hydrogens (tertiary/aromatic N) is 3. The van der Waals surface area contributed by atoms with E-state index in [1.54, 1.807) is 43.5 Å². The number of Topliss-reactive ketones (excluding diaryl/α,β-unsaturated/α-hetero) is 1. The molecule has 0 aliphatic carbocycles. The van der Waals surface area contributed by atoms with Crippen molar-refractivity contribution in [2.45, 2.75) is 24.9 Å². The van der Waals surface area contributed by atoms with Crippen LogP contribution in [0.15, 0.2) is 66.7 Å². The highest BCUT2D eigenvalue weighted by Gasteiger charge is 2.63. The molecule has 6 nitrogen and oxygen atoms in total. The van der Waals surface area contributed by atoms with E-state index < -0.39 is 23.4 Å². The van der Waals surface area contributed by atoms with Gasteiger partial charge in [-0.3, -0.25) is 4.79 Å². The van der Waals surface area contributed by atoms with Crippen LogP contribution in [0.25, 0.3) is 6.08 Å². The number of rotatable bonds is 5. The Morgan fingerprint density at radius 1 is 0.973 bits per heavy atom. The van der Waals surface area contributed by atoms with Crippen LogP contribution in [0.2, 0.25) is 5.02 Å². The molecule has 0 unspecified atom stereocenters. The predicted octanol–water partition coefficient (Wildman–Crippen LogP) is 5.95. The summed E-state index contributed by atoms with van der Waals surface area (Å²) in [5, 5.41) is 21.7. The highest BCUT2D eigenvalue weighted by molar-refractivity contribution is 6.30. The van der Waals surface area contributed by atoms with E-state index >= 15 is 0 Å². The van der Waals surface area contributed by atoms with E-state index in [2.05, 4.69) is 12.1 Å². The molecule has 0 radical (unpaired) electrons. The van der Waals surface area contributed by atoms with Gasteiger partial charge in [-0.05, 0) is 48.4 Å². The van der Waals surface area contributed by atoms with Crippen molar-refractivity contribution in [2.75, 3.05) is 19.1 Å². The third kappa shape index (κ3) is 3.73. The Hall–Kier alpha value is -4.26. The highest BCUT2D eigenvalue weighted by atomic mass is 35.5. The van der Waals surface area contributed by atoms with Gasteiger partial charge >= 0.3 is 0 Å². The summed E-state index contributed by atoms with van der Waals surface area (Å²) in [5.74, 6) is 0.0161. The number of fused-ring (bicyclic) bond motifs is 3. The maximum Gasteiger partial charge on any atom is 0.185 e. The molecule has 7 heteroatoms. The number of aryl methyl sites for hydroxylation is 1. The minimum Gasteiger partial charge on any atom is -0.493 e. The maximum absolute atomic E-state index is 14.3. The number of ketones is 1. The third-order valence-electron chi connectivity index (χ3n) is 7.34. The van der Waals surface area contributed by atoms with Gasteiger partial charge in [-0.1, -0.05) is 59.6 Å². The Balaban J connectivity index is 1.79. The average Bonchev–Trinajstić information content (AvgIpc) is 3.23. The lowest BCUT2D eigenvalue weighted by molar-refractivity contribution is 0.0951. The summed E-state index contributed by atoms with van der Waals surface area (Å²) in [6.07, 6.45) is 3.71. The Morgan fingerprint density at radius 2 is 1.68 bits per heavy atom. The van der Waals surface area contributed by atoms with Crippen molar-refractivity contribution >= 4 is 29.1 Å². The molecule has 0 aromatic heterocycles. The molecule has 2 aliphatic rings. The lowest BCUT2D eigenvalue weighted by Gasteiger charge is -2.35. The zero-order valence-corrected chi connectivity index (χ0v) is 21.4. The lowest BCUT2D eigenvalue weighted by Crippen LogP contribution is -2.44. The van der Waals surface area contributed by atoms with Crippen LogP contribution >= 0.6 is 11.6 Å². The fraction of sp³-hybridized carbons (Fsp3) is 0.233. The number of hydrogen-bond acceptors (Lipinski definition) is 6. The fourth-order valence-electron chi connectivity index (χ4n) is 5.57. The van der Waals surface area contributed by atoms with Crippen molar-refractivity contribution in [3.05, 3.63) is 94.0 Å². The molecule has 2 heterocycles. The molecule has 3 aromatic rings. The van der Waals surface area contributed by atoms with Gasteiger partial charge in [0, 0.05) is 22.2 Å². The SMILES string of the molecule is COc1ccc([C@H]2[C@H](C(=O)c3ccc(C)cc3)N3c4ccc(Cl)cc4C=C[C@H]3C2(C#N)C#N)cc1OC. The molecule has 5 rings (SSSR count). The summed E-state index contributed by atoms with van der Waals surface area (Å²) in [6.45, 7) is 1.96. The van der Waals surface area contributed by atoms with E-state index in [0.29, 0.717) is 27.6 Å². The summed E-state index contributed by atoms with van der Waals surface area (Å²) in [7, 11) is 3.07. The molecule has 2 aliphatic heterocycles. The van der Waals surface area contributed by atoms with Crippen molar-refractivity contribution in [3.8, 4) is 23.6 Å². The maximum atomic E-state index is 14.3. The molecule has 1 saturated heterocycles. The minimum absolute atomic E-state index is 0.173. The van der Waals surface area contributed by atoms with E-state index in [9.17, 15) is 15.3 Å². The second-order valence-corrected chi connectivity index (χ2v) is 9.71. The Bertz CT molecular complexity index is 1490. The Kier molecular flexibility index (Phi) is 6.15. The van der Waals surface area contributed by atoms with Crippen LogP contribution < -0.4 is 14.4 Å². The highest BCUT2D eigenvalue weighted by Crippen LogP contribution is 2.56. The number of anilines is 1. The molecule has 1 fully saturated rings. The zero-order chi connectivity index (χ0) is 26.3. The normalized spacial score (nSPS) is 20.8. The molecular weight excluding hydrogens is 486 g/mol. The van der Waals surface area contributed by atoms with Gasteiger partial charge in [0.2, 0.25) is 0 Å². The molecule has 184 valence electrons. The third-order valence-corrected chi connectivity index (χ3v) is 7.57. The number of halogens is 1. The van der Waals surface area contributed by atoms with Gasteiger partial charge in [0.25, 0.3) is 0 Å². The standard InChI is InChI=1S/C30H24ClN3O3/c1-18-4-6-19(7-5-18)29(35)28-27(21-8-12-24(36-2)25(15-21)37-3)30(16-32,17-33)26-13-9-20-14-22(31)10-11-23(20)34(26)28/h4-15,26-28H,1-3H3/t26-,27-,28+/m0/s1. The average molecular weight is 510 g/mol. The quantitative estimate of drug-likeness (QED) is 0.395. The molecule has 0 bridgehead atoms. The molecule has 3 aromatic carbocycles. The number of carbonyl (C=O) groups excluding carboxylic acids is 1. The predicted molar refractivity (Wildman–Crippen MR) is 142 cm³/mol. The van der Waals surface area contributed by atoms with E-state index in [1.165, 1.54) is 7.11 Å². The van der Waals surface area contributed by atoms with Crippen LogP contribution in [-0.2, 0) is 0 Å². The summed E-state index contributed by atoms with van der Waals surface area (Å²) in [5.41, 5.74) is 2.20. The second-order valence-electron chi connectivity index (χ2n) is 9.27. The number of ether oxygens (including phenoxy) is 2. The van der Waals surface area contributed by atoms with E-state index in [1.807, 2.05) is 48.2 Å². The molecule has 0 N–H and O–H groups in total. The second kappa shape index (κ2) is 9.32. The monoisotopic (exact) mass is 509 g/mol. The van der Waals surface area contributed by atoms with Crippen molar-refractivity contribution in [1.82, 2.24) is 0 Å². The first kappa shape index (κ1) is 24.4. The topological polar surface area (TPSA) is 86.4 Å². The van der Waals surface area contributed by atoms with Crippen LogP contribution in [0.4, 0.5) is 5.69 Å². The van der Waals surface area contributed by atoms with Crippen LogP contribution in [-0.4, -0.2) is 32.1 Å². The summed E-state index contributed by atoms with van der Waals surface area (Å²) in [4.78, 5) is 16.2. The van der Waals surface area contributed by atoms with E-state index in [-0.39, 0.29) is 5.78 Å². The molecule has 3 atom stereocenters. The fourth-order valence-corrected chi connectivity index (χ4v) is 5.75. The van der Waals surface area contributed by atoms with Gasteiger partial charge in [-0.2, -0.15) is 10.5 Å². The van der Waals surface area contributed by atoms with Crippen molar-refractivity contribution in [1.29, 1.82) is 10.5 Å². The zero-order valence-electron chi connectivity index (χ0n) is 20.6. The molecule has 0 amide bonds. The first-order chi connectivity index (χ1) is 17.9. The largest absolute Gasteiger partial charge is 0.493 e. The summed E-state index contributed by atoms with van der Waals surface area (Å²) >= 11 is 6.28. The molecular formula is C30H24ClN3O3. The van der Waals surface area contributed by atoms with Crippen LogP contribution in [0.5, 0.6) is 11.5 Å².